The number of aliphatic hydroxyl groups is 1. The largest absolute Gasteiger partial charge is 0.507 e. The second-order valence-electron chi connectivity index (χ2n) is 12.6. The van der Waals surface area contributed by atoms with Crippen LogP contribution in [0.25, 0.3) is 11.1 Å². The summed E-state index contributed by atoms with van der Waals surface area (Å²) >= 11 is 0. The molecule has 9 heteroatoms. The molecule has 3 aliphatic rings. The van der Waals surface area contributed by atoms with Crippen LogP contribution in [0.3, 0.4) is 0 Å². The standard InChI is InChI=1S/C31H34N2O7/c1-30(2,3)16-8-6-14(7-9-16)18-13-20(33(4)5)19-11-15-10-17-12-21(34)24(29(32)39)28(38)31(17,40)27(37)22(15)26(36)23(19)25(18)35/h6-9,13,15,17,22,24,35,40H,10-12H2,1-5H3,(H2,32,39)/t15-,17+,22?,24?,31+/m1/s1. The summed E-state index contributed by atoms with van der Waals surface area (Å²) in [5.41, 5.74) is 5.98. The van der Waals surface area contributed by atoms with Crippen molar-refractivity contribution in [2.45, 2.75) is 51.0 Å². The molecule has 0 aliphatic heterocycles. The van der Waals surface area contributed by atoms with E-state index in [1.54, 1.807) is 0 Å². The van der Waals surface area contributed by atoms with E-state index in [1.807, 2.05) is 49.3 Å². The number of hydrogen-bond donors (Lipinski definition) is 3. The van der Waals surface area contributed by atoms with Gasteiger partial charge in [-0.25, -0.2) is 0 Å². The maximum absolute atomic E-state index is 14.0. The normalized spacial score (nSPS) is 28.1. The first-order valence-corrected chi connectivity index (χ1v) is 13.4. The van der Waals surface area contributed by atoms with Crippen LogP contribution in [0, 0.1) is 23.7 Å². The number of nitrogens with zero attached hydrogens (tertiary/aromatic N) is 1. The summed E-state index contributed by atoms with van der Waals surface area (Å²) in [5.74, 6) is -10.2. The molecular weight excluding hydrogens is 512 g/mol. The van der Waals surface area contributed by atoms with Crippen LogP contribution in [-0.4, -0.2) is 58.9 Å². The monoisotopic (exact) mass is 546 g/mol. The number of Topliss-reactive ketones (excluding diaryl/α,β-unsaturated/α-hetero) is 4. The van der Waals surface area contributed by atoms with E-state index in [9.17, 15) is 34.2 Å². The van der Waals surface area contributed by atoms with Crippen molar-refractivity contribution < 1.29 is 34.2 Å². The SMILES string of the molecule is CN(C)c1cc(-c2ccc(C(C)(C)C)cc2)c(O)c2c1C[C@H]1C[C@H]3CC(=O)C(C(N)=O)C(=O)[C@@]3(O)C(=O)C1C2=O. The molecule has 0 heterocycles. The number of anilines is 1. The number of carbonyl (C=O) groups is 5. The van der Waals surface area contributed by atoms with Crippen LogP contribution in [-0.2, 0) is 31.0 Å². The van der Waals surface area contributed by atoms with Gasteiger partial charge in [0.15, 0.2) is 34.7 Å². The van der Waals surface area contributed by atoms with E-state index >= 15 is 0 Å². The van der Waals surface area contributed by atoms with Gasteiger partial charge in [-0.1, -0.05) is 45.0 Å². The summed E-state index contributed by atoms with van der Waals surface area (Å²) in [6, 6.07) is 9.50. The summed E-state index contributed by atoms with van der Waals surface area (Å²) in [6.45, 7) is 6.28. The Morgan fingerprint density at radius 2 is 1.65 bits per heavy atom. The van der Waals surface area contributed by atoms with Crippen LogP contribution < -0.4 is 10.6 Å². The predicted molar refractivity (Wildman–Crippen MR) is 147 cm³/mol. The van der Waals surface area contributed by atoms with E-state index in [4.69, 9.17) is 5.73 Å². The van der Waals surface area contributed by atoms with Gasteiger partial charge in [-0.3, -0.25) is 24.0 Å². The van der Waals surface area contributed by atoms with Crippen LogP contribution >= 0.6 is 0 Å². The molecular formula is C31H34N2O7. The molecule has 0 bridgehead atoms. The molecule has 2 aromatic carbocycles. The molecule has 3 aliphatic carbocycles. The van der Waals surface area contributed by atoms with Crippen molar-refractivity contribution in [2.75, 3.05) is 19.0 Å². The average molecular weight is 547 g/mol. The Bertz CT molecular complexity index is 1480. The van der Waals surface area contributed by atoms with Gasteiger partial charge in [0.2, 0.25) is 5.91 Å². The molecule has 4 N–H and O–H groups in total. The number of rotatable bonds is 3. The number of hydrogen-bond acceptors (Lipinski definition) is 8. The third-order valence-electron chi connectivity index (χ3n) is 8.92. The Hall–Kier alpha value is -3.85. The summed E-state index contributed by atoms with van der Waals surface area (Å²) in [6.07, 6.45) is -0.0676. The van der Waals surface area contributed by atoms with Crippen molar-refractivity contribution in [2.24, 2.45) is 29.4 Å². The number of benzene rings is 2. The van der Waals surface area contributed by atoms with Gasteiger partial charge in [0.1, 0.15) is 5.75 Å². The molecule has 1 amide bonds. The number of carbonyl (C=O) groups excluding carboxylic acids is 5. The van der Waals surface area contributed by atoms with Crippen molar-refractivity contribution in [1.82, 2.24) is 0 Å². The second kappa shape index (κ2) is 9.09. The molecule has 0 saturated heterocycles. The lowest BCUT2D eigenvalue weighted by molar-refractivity contribution is -0.175. The fourth-order valence-corrected chi connectivity index (χ4v) is 6.78. The minimum absolute atomic E-state index is 0.0106. The maximum atomic E-state index is 14.0. The molecule has 2 unspecified atom stereocenters. The first-order valence-electron chi connectivity index (χ1n) is 13.4. The molecule has 2 fully saturated rings. The highest BCUT2D eigenvalue weighted by atomic mass is 16.3. The predicted octanol–water partition coefficient (Wildman–Crippen LogP) is 2.36. The molecule has 0 spiro atoms. The number of fused-ring (bicyclic) bond motifs is 3. The number of ketones is 4. The molecule has 0 radical (unpaired) electrons. The number of phenols is 1. The number of amides is 1. The molecule has 40 heavy (non-hydrogen) atoms. The van der Waals surface area contributed by atoms with Crippen LogP contribution in [0.15, 0.2) is 30.3 Å². The number of aromatic hydroxyl groups is 1. The Kier molecular flexibility index (Phi) is 6.30. The highest BCUT2D eigenvalue weighted by Crippen LogP contribution is 2.52. The first-order chi connectivity index (χ1) is 18.6. The molecule has 2 aromatic rings. The lowest BCUT2D eigenvalue weighted by Gasteiger charge is -2.48. The zero-order valence-corrected chi connectivity index (χ0v) is 23.3. The van der Waals surface area contributed by atoms with Gasteiger partial charge >= 0.3 is 0 Å². The summed E-state index contributed by atoms with van der Waals surface area (Å²) in [5, 5.41) is 22.9. The van der Waals surface area contributed by atoms with Crippen molar-refractivity contribution in [1.29, 1.82) is 0 Å². The molecule has 210 valence electrons. The minimum Gasteiger partial charge on any atom is -0.507 e. The van der Waals surface area contributed by atoms with Gasteiger partial charge in [-0.2, -0.15) is 0 Å². The number of nitrogens with two attached hydrogens (primary N) is 1. The van der Waals surface area contributed by atoms with Crippen molar-refractivity contribution in [3.8, 4) is 16.9 Å². The topological polar surface area (TPSA) is 155 Å². The zero-order chi connectivity index (χ0) is 29.5. The van der Waals surface area contributed by atoms with Gasteiger partial charge in [0.25, 0.3) is 0 Å². The van der Waals surface area contributed by atoms with Crippen LogP contribution in [0.2, 0.25) is 0 Å². The van der Waals surface area contributed by atoms with E-state index in [1.165, 1.54) is 0 Å². The lowest BCUT2D eigenvalue weighted by Crippen LogP contribution is -2.68. The van der Waals surface area contributed by atoms with E-state index in [2.05, 4.69) is 20.8 Å². The Morgan fingerprint density at radius 1 is 1.02 bits per heavy atom. The summed E-state index contributed by atoms with van der Waals surface area (Å²) in [4.78, 5) is 67.3. The van der Waals surface area contributed by atoms with Crippen molar-refractivity contribution >= 4 is 34.7 Å². The van der Waals surface area contributed by atoms with E-state index < -0.39 is 58.3 Å². The minimum atomic E-state index is -2.66. The fourth-order valence-electron chi connectivity index (χ4n) is 6.78. The summed E-state index contributed by atoms with van der Waals surface area (Å²) in [7, 11) is 3.64. The van der Waals surface area contributed by atoms with E-state index in [-0.39, 0.29) is 36.0 Å². The third kappa shape index (κ3) is 3.90. The fraction of sp³-hybridized carbons (Fsp3) is 0.452. The van der Waals surface area contributed by atoms with E-state index in [0.29, 0.717) is 22.4 Å². The Balaban J connectivity index is 1.63. The average Bonchev–Trinajstić information content (AvgIpc) is 2.85. The molecule has 9 nitrogen and oxygen atoms in total. The molecule has 0 aromatic heterocycles. The van der Waals surface area contributed by atoms with Gasteiger partial charge in [-0.15, -0.1) is 0 Å². The smallest absolute Gasteiger partial charge is 0.235 e. The number of phenolic OH excluding ortho intramolecular Hbond substituents is 1. The quantitative estimate of drug-likeness (QED) is 0.496. The van der Waals surface area contributed by atoms with Gasteiger partial charge in [0, 0.05) is 37.7 Å². The van der Waals surface area contributed by atoms with Gasteiger partial charge < -0.3 is 20.8 Å². The third-order valence-corrected chi connectivity index (χ3v) is 8.92. The zero-order valence-electron chi connectivity index (χ0n) is 23.3. The second-order valence-corrected chi connectivity index (χ2v) is 12.6. The highest BCUT2D eigenvalue weighted by Gasteiger charge is 2.66. The highest BCUT2D eigenvalue weighted by molar-refractivity contribution is 6.31. The number of primary amides is 1. The van der Waals surface area contributed by atoms with E-state index in [0.717, 1.165) is 5.56 Å². The van der Waals surface area contributed by atoms with Crippen molar-refractivity contribution in [3.05, 3.63) is 47.0 Å². The van der Waals surface area contributed by atoms with Gasteiger partial charge in [-0.05, 0) is 46.9 Å². The molecule has 5 rings (SSSR count). The van der Waals surface area contributed by atoms with Crippen LogP contribution in [0.1, 0.15) is 55.1 Å². The Morgan fingerprint density at radius 3 is 2.20 bits per heavy atom. The first kappa shape index (κ1) is 27.7. The molecule has 2 saturated carbocycles. The van der Waals surface area contributed by atoms with Crippen molar-refractivity contribution in [3.63, 3.8) is 0 Å². The van der Waals surface area contributed by atoms with Crippen LogP contribution in [0.5, 0.6) is 5.75 Å². The molecule has 5 atom stereocenters. The van der Waals surface area contributed by atoms with Gasteiger partial charge in [0.05, 0.1) is 11.5 Å². The lowest BCUT2D eigenvalue weighted by atomic mass is 9.53. The van der Waals surface area contributed by atoms with Crippen LogP contribution in [0.4, 0.5) is 5.69 Å². The Labute approximate surface area is 232 Å². The maximum Gasteiger partial charge on any atom is 0.235 e. The summed E-state index contributed by atoms with van der Waals surface area (Å²) < 4.78 is 0.